The quantitative estimate of drug-likeness (QED) is 0.476. The molecule has 3 heterocycles. The van der Waals surface area contributed by atoms with E-state index < -0.39 is 0 Å². The minimum absolute atomic E-state index is 0.194. The third-order valence-electron chi connectivity index (χ3n) is 3.88. The Balaban J connectivity index is 0.000000717. The average Bonchev–Trinajstić information content (AvgIpc) is 3.01. The third kappa shape index (κ3) is 5.30. The Hall–Kier alpha value is -2.92. The first-order valence-electron chi connectivity index (χ1n) is 9.54. The lowest BCUT2D eigenvalue weighted by Crippen LogP contribution is -2.44. The maximum Gasteiger partial charge on any atom is 0.331 e. The molecule has 28 heavy (non-hydrogen) atoms. The Morgan fingerprint density at radius 3 is 2.50 bits per heavy atom. The summed E-state index contributed by atoms with van der Waals surface area (Å²) < 4.78 is 3.10. The van der Waals surface area contributed by atoms with Crippen molar-refractivity contribution in [3.8, 4) is 11.8 Å². The second kappa shape index (κ2) is 12.5. The molecule has 1 saturated heterocycles. The molecule has 0 atom stereocenters. The van der Waals surface area contributed by atoms with Crippen molar-refractivity contribution in [3.05, 3.63) is 29.5 Å². The van der Waals surface area contributed by atoms with E-state index >= 15 is 0 Å². The van der Waals surface area contributed by atoms with Crippen LogP contribution in [0.3, 0.4) is 0 Å². The third-order valence-corrected chi connectivity index (χ3v) is 3.88. The Morgan fingerprint density at radius 2 is 1.93 bits per heavy atom. The van der Waals surface area contributed by atoms with Gasteiger partial charge in [-0.3, -0.25) is 9.13 Å². The number of piperazine rings is 1. The molecule has 1 aliphatic rings. The first kappa shape index (κ1) is 23.1. The van der Waals surface area contributed by atoms with Crippen molar-refractivity contribution >= 4 is 23.2 Å². The molecule has 0 saturated carbocycles. The predicted molar refractivity (Wildman–Crippen MR) is 116 cm³/mol. The second-order valence-electron chi connectivity index (χ2n) is 5.63. The fourth-order valence-electron chi connectivity index (χ4n) is 2.80. The van der Waals surface area contributed by atoms with E-state index in [9.17, 15) is 4.79 Å². The molecule has 2 aromatic heterocycles. The molecule has 2 N–H and O–H groups in total. The van der Waals surface area contributed by atoms with Gasteiger partial charge in [0.05, 0.1) is 13.1 Å². The molecule has 152 valence electrons. The number of anilines is 1. The first-order valence-corrected chi connectivity index (χ1v) is 9.54. The van der Waals surface area contributed by atoms with Gasteiger partial charge in [0, 0.05) is 32.4 Å². The zero-order valence-corrected chi connectivity index (χ0v) is 17.3. The molecule has 0 amide bonds. The van der Waals surface area contributed by atoms with Gasteiger partial charge in [-0.05, 0) is 13.8 Å². The van der Waals surface area contributed by atoms with E-state index in [1.54, 1.807) is 17.6 Å². The Labute approximate surface area is 166 Å². The standard InChI is InChI=1S/C15H19N7O.C3H6.C2H6/c1-2-3-7-21-12-13(20-9-5-17-6-10-20)18-11-19-14(12)22(8-4-16)15(21)23;1-3-2;1-2/h4,11,16-17H,5-10H2,1H3;3H,1H2,2H3;1-2H3. The molecule has 1 fully saturated rings. The summed E-state index contributed by atoms with van der Waals surface area (Å²) in [5.74, 6) is 6.52. The molecule has 2 aromatic rings. The number of hydrogen-bond donors (Lipinski definition) is 2. The minimum Gasteiger partial charge on any atom is -0.352 e. The highest BCUT2D eigenvalue weighted by molar-refractivity contribution is 5.85. The highest BCUT2D eigenvalue weighted by Gasteiger charge is 2.22. The summed E-state index contributed by atoms with van der Waals surface area (Å²) >= 11 is 0. The smallest absolute Gasteiger partial charge is 0.331 e. The second-order valence-corrected chi connectivity index (χ2v) is 5.63. The monoisotopic (exact) mass is 385 g/mol. The summed E-state index contributed by atoms with van der Waals surface area (Å²) in [7, 11) is 0. The molecule has 0 aliphatic carbocycles. The summed E-state index contributed by atoms with van der Waals surface area (Å²) in [6.45, 7) is 14.9. The summed E-state index contributed by atoms with van der Waals surface area (Å²) in [6.07, 6.45) is 4.43. The van der Waals surface area contributed by atoms with E-state index in [0.29, 0.717) is 17.7 Å². The lowest BCUT2D eigenvalue weighted by Gasteiger charge is -2.28. The highest BCUT2D eigenvalue weighted by atomic mass is 16.1. The number of hydrogen-bond acceptors (Lipinski definition) is 6. The maximum atomic E-state index is 12.7. The van der Waals surface area contributed by atoms with Crippen LogP contribution in [0.5, 0.6) is 0 Å². The molecular weight excluding hydrogens is 354 g/mol. The summed E-state index contributed by atoms with van der Waals surface area (Å²) in [5.41, 5.74) is 1.05. The van der Waals surface area contributed by atoms with Crippen LogP contribution < -0.4 is 15.9 Å². The zero-order chi connectivity index (χ0) is 20.9. The van der Waals surface area contributed by atoms with Crippen LogP contribution in [0.25, 0.3) is 11.2 Å². The van der Waals surface area contributed by atoms with Gasteiger partial charge >= 0.3 is 5.69 Å². The SMILES string of the molecule is C=CC.CC.CC#CCn1c(=O)n(CC=N)c2ncnc(N3CCNCC3)c21. The van der Waals surface area contributed by atoms with Crippen LogP contribution in [-0.4, -0.2) is 51.5 Å². The van der Waals surface area contributed by atoms with Gasteiger partial charge in [0.2, 0.25) is 0 Å². The zero-order valence-electron chi connectivity index (χ0n) is 17.3. The van der Waals surface area contributed by atoms with Crippen LogP contribution in [-0.2, 0) is 13.1 Å². The van der Waals surface area contributed by atoms with Gasteiger partial charge in [0.25, 0.3) is 0 Å². The molecule has 0 radical (unpaired) electrons. The lowest BCUT2D eigenvalue weighted by molar-refractivity contribution is 0.585. The van der Waals surface area contributed by atoms with Gasteiger partial charge in [0.1, 0.15) is 11.8 Å². The number of allylic oxidation sites excluding steroid dienone is 1. The van der Waals surface area contributed by atoms with Crippen molar-refractivity contribution in [1.82, 2.24) is 24.4 Å². The van der Waals surface area contributed by atoms with E-state index in [4.69, 9.17) is 5.41 Å². The highest BCUT2D eigenvalue weighted by Crippen LogP contribution is 2.22. The fourth-order valence-corrected chi connectivity index (χ4v) is 2.80. The van der Waals surface area contributed by atoms with E-state index in [-0.39, 0.29) is 12.2 Å². The topological polar surface area (TPSA) is 91.8 Å². The van der Waals surface area contributed by atoms with Crippen LogP contribution in [0.2, 0.25) is 0 Å². The number of rotatable bonds is 4. The van der Waals surface area contributed by atoms with Crippen LogP contribution >= 0.6 is 0 Å². The van der Waals surface area contributed by atoms with E-state index in [1.807, 2.05) is 20.8 Å². The van der Waals surface area contributed by atoms with Crippen LogP contribution in [0, 0.1) is 17.3 Å². The molecule has 8 nitrogen and oxygen atoms in total. The van der Waals surface area contributed by atoms with Gasteiger partial charge in [-0.1, -0.05) is 25.8 Å². The fraction of sp³-hybridized carbons (Fsp3) is 0.500. The van der Waals surface area contributed by atoms with Crippen molar-refractivity contribution in [1.29, 1.82) is 5.41 Å². The number of aromatic nitrogens is 4. The predicted octanol–water partition coefficient (Wildman–Crippen LogP) is 1.89. The van der Waals surface area contributed by atoms with Gasteiger partial charge in [-0.25, -0.2) is 14.8 Å². The summed E-state index contributed by atoms with van der Waals surface area (Å²) in [4.78, 5) is 23.5. The molecule has 3 rings (SSSR count). The maximum absolute atomic E-state index is 12.7. The van der Waals surface area contributed by atoms with Crippen molar-refractivity contribution < 1.29 is 0 Å². The Bertz CT molecular complexity index is 880. The number of imidazole rings is 1. The molecule has 0 unspecified atom stereocenters. The minimum atomic E-state index is -0.205. The Kier molecular flexibility index (Phi) is 10.3. The van der Waals surface area contributed by atoms with Crippen LogP contribution in [0.4, 0.5) is 5.82 Å². The van der Waals surface area contributed by atoms with E-state index in [0.717, 1.165) is 32.0 Å². The van der Waals surface area contributed by atoms with Gasteiger partial charge in [0.15, 0.2) is 11.5 Å². The van der Waals surface area contributed by atoms with Crippen LogP contribution in [0.15, 0.2) is 23.8 Å². The molecule has 8 heteroatoms. The van der Waals surface area contributed by atoms with Crippen molar-refractivity contribution in [2.24, 2.45) is 0 Å². The lowest BCUT2D eigenvalue weighted by atomic mass is 10.3. The summed E-state index contributed by atoms with van der Waals surface area (Å²) in [5, 5.41) is 10.6. The molecular formula is C20H31N7O. The molecule has 0 aromatic carbocycles. The molecule has 1 aliphatic heterocycles. The van der Waals surface area contributed by atoms with Crippen molar-refractivity contribution in [2.75, 3.05) is 31.1 Å². The van der Waals surface area contributed by atoms with Crippen molar-refractivity contribution in [3.63, 3.8) is 0 Å². The van der Waals surface area contributed by atoms with E-state index in [1.165, 1.54) is 17.1 Å². The van der Waals surface area contributed by atoms with Gasteiger partial charge in [-0.15, -0.1) is 12.5 Å². The summed E-state index contributed by atoms with van der Waals surface area (Å²) in [6, 6.07) is 0. The van der Waals surface area contributed by atoms with Gasteiger partial charge < -0.3 is 15.6 Å². The normalized spacial score (nSPS) is 12.6. The Morgan fingerprint density at radius 1 is 1.29 bits per heavy atom. The number of fused-ring (bicyclic) bond motifs is 1. The number of nitrogens with one attached hydrogen (secondary N) is 2. The van der Waals surface area contributed by atoms with Crippen LogP contribution in [0.1, 0.15) is 27.7 Å². The van der Waals surface area contributed by atoms with Gasteiger partial charge in [-0.2, -0.15) is 0 Å². The molecule has 0 bridgehead atoms. The van der Waals surface area contributed by atoms with E-state index in [2.05, 4.69) is 38.6 Å². The molecule has 0 spiro atoms. The first-order chi connectivity index (χ1) is 13.7. The van der Waals surface area contributed by atoms with Crippen molar-refractivity contribution in [2.45, 2.75) is 40.8 Å². The largest absolute Gasteiger partial charge is 0.352 e. The average molecular weight is 386 g/mol. The number of nitrogens with zero attached hydrogens (tertiary/aromatic N) is 5.